The lowest BCUT2D eigenvalue weighted by molar-refractivity contribution is -0.394. The zero-order chi connectivity index (χ0) is 18.0. The van der Waals surface area contributed by atoms with Gasteiger partial charge in [-0.2, -0.15) is 0 Å². The Morgan fingerprint density at radius 3 is 2.12 bits per heavy atom. The molecular weight excluding hydrogens is 320 g/mol. The number of benzene rings is 1. The van der Waals surface area contributed by atoms with Crippen LogP contribution in [0.5, 0.6) is 0 Å². The van der Waals surface area contributed by atoms with Crippen LogP contribution in [0.2, 0.25) is 0 Å². The number of likely N-dealkylation sites (tertiary alicyclic amines) is 1. The summed E-state index contributed by atoms with van der Waals surface area (Å²) in [4.78, 5) is 47.8. The van der Waals surface area contributed by atoms with Crippen molar-refractivity contribution in [2.24, 2.45) is 0 Å². The van der Waals surface area contributed by atoms with Crippen LogP contribution in [-0.2, 0) is 4.79 Å². The molecule has 1 unspecified atom stereocenters. The summed E-state index contributed by atoms with van der Waals surface area (Å²) in [6.07, 6.45) is 1.10. The molecule has 0 bridgehead atoms. The third kappa shape index (κ3) is 3.31. The van der Waals surface area contributed by atoms with Gasteiger partial charge in [0.2, 0.25) is 5.91 Å². The van der Waals surface area contributed by atoms with Crippen LogP contribution in [0.4, 0.5) is 11.4 Å². The molecule has 1 aromatic rings. The highest BCUT2D eigenvalue weighted by atomic mass is 16.6. The largest absolute Gasteiger partial charge is 0.347 e. The van der Waals surface area contributed by atoms with Crippen molar-refractivity contribution in [3.05, 3.63) is 44.0 Å². The van der Waals surface area contributed by atoms with E-state index in [0.29, 0.717) is 19.4 Å². The van der Waals surface area contributed by atoms with Gasteiger partial charge in [-0.15, -0.1) is 0 Å². The number of rotatable bonds is 4. The van der Waals surface area contributed by atoms with Crippen molar-refractivity contribution < 1.29 is 19.4 Å². The van der Waals surface area contributed by atoms with Crippen LogP contribution in [0.3, 0.4) is 0 Å². The lowest BCUT2D eigenvalue weighted by Gasteiger charge is -2.26. The van der Waals surface area contributed by atoms with E-state index in [9.17, 15) is 29.8 Å². The van der Waals surface area contributed by atoms with Gasteiger partial charge in [-0.1, -0.05) is 0 Å². The quantitative estimate of drug-likeness (QED) is 0.600. The Balaban J connectivity index is 2.40. The maximum absolute atomic E-state index is 12.6. The monoisotopic (exact) mass is 336 g/mol. The molecule has 2 amide bonds. The minimum Gasteiger partial charge on any atom is -0.347 e. The van der Waals surface area contributed by atoms with E-state index < -0.39 is 33.2 Å². The Morgan fingerprint density at radius 2 is 1.67 bits per heavy atom. The molecule has 1 saturated heterocycles. The number of hydrogen-bond donors (Lipinski definition) is 0. The second-order valence-electron chi connectivity index (χ2n) is 5.64. The number of amides is 2. The zero-order valence-electron chi connectivity index (χ0n) is 13.2. The molecule has 0 spiro atoms. The van der Waals surface area contributed by atoms with Gasteiger partial charge in [-0.3, -0.25) is 29.8 Å². The van der Waals surface area contributed by atoms with Gasteiger partial charge in [-0.25, -0.2) is 0 Å². The SMILES string of the molecule is CN(C)C(=O)C1CCCN1C(=O)c1cc([N+](=O)[O-])cc([N+](=O)[O-])c1. The summed E-state index contributed by atoms with van der Waals surface area (Å²) in [6, 6.07) is 2.12. The van der Waals surface area contributed by atoms with Gasteiger partial charge in [0.1, 0.15) is 6.04 Å². The number of hydrogen-bond acceptors (Lipinski definition) is 6. The molecule has 2 rings (SSSR count). The first-order valence-electron chi connectivity index (χ1n) is 7.18. The lowest BCUT2D eigenvalue weighted by Crippen LogP contribution is -2.45. The third-order valence-corrected chi connectivity index (χ3v) is 3.81. The Bertz CT molecular complexity index is 685. The smallest absolute Gasteiger partial charge is 0.277 e. The van der Waals surface area contributed by atoms with Crippen molar-refractivity contribution in [2.75, 3.05) is 20.6 Å². The van der Waals surface area contributed by atoms with Crippen LogP contribution in [0.15, 0.2) is 18.2 Å². The molecule has 0 aromatic heterocycles. The average Bonchev–Trinajstić information content (AvgIpc) is 3.01. The van der Waals surface area contributed by atoms with Gasteiger partial charge in [0.05, 0.1) is 21.5 Å². The number of carbonyl (C=O) groups is 2. The fourth-order valence-corrected chi connectivity index (χ4v) is 2.66. The fraction of sp³-hybridized carbons (Fsp3) is 0.429. The molecule has 1 aromatic carbocycles. The summed E-state index contributed by atoms with van der Waals surface area (Å²) in [7, 11) is 3.14. The second-order valence-corrected chi connectivity index (χ2v) is 5.64. The molecule has 0 aliphatic carbocycles. The molecule has 0 radical (unpaired) electrons. The molecule has 0 saturated carbocycles. The minimum absolute atomic E-state index is 0.172. The molecule has 1 atom stereocenters. The highest BCUT2D eigenvalue weighted by Gasteiger charge is 2.36. The average molecular weight is 336 g/mol. The van der Waals surface area contributed by atoms with Gasteiger partial charge in [-0.05, 0) is 12.8 Å². The first kappa shape index (κ1) is 17.3. The van der Waals surface area contributed by atoms with Crippen molar-refractivity contribution in [1.82, 2.24) is 9.80 Å². The molecule has 1 aliphatic heterocycles. The van der Waals surface area contributed by atoms with E-state index in [2.05, 4.69) is 0 Å². The van der Waals surface area contributed by atoms with Crippen molar-refractivity contribution in [3.8, 4) is 0 Å². The molecule has 1 fully saturated rings. The highest BCUT2D eigenvalue weighted by molar-refractivity contribution is 5.99. The Morgan fingerprint density at radius 1 is 1.12 bits per heavy atom. The first-order chi connectivity index (χ1) is 11.2. The van der Waals surface area contributed by atoms with E-state index in [0.717, 1.165) is 18.2 Å². The van der Waals surface area contributed by atoms with Crippen molar-refractivity contribution in [2.45, 2.75) is 18.9 Å². The summed E-state index contributed by atoms with van der Waals surface area (Å²) in [5.41, 5.74) is -1.25. The maximum atomic E-state index is 12.6. The number of nitro groups is 2. The van der Waals surface area contributed by atoms with Crippen LogP contribution in [0, 0.1) is 20.2 Å². The summed E-state index contributed by atoms with van der Waals surface area (Å²) >= 11 is 0. The second kappa shape index (κ2) is 6.60. The normalized spacial score (nSPS) is 16.8. The van der Waals surface area contributed by atoms with E-state index in [1.807, 2.05) is 0 Å². The number of carbonyl (C=O) groups excluding carboxylic acids is 2. The summed E-state index contributed by atoms with van der Waals surface area (Å²) < 4.78 is 0. The van der Waals surface area contributed by atoms with E-state index >= 15 is 0 Å². The topological polar surface area (TPSA) is 127 Å². The van der Waals surface area contributed by atoms with E-state index in [1.54, 1.807) is 14.1 Å². The summed E-state index contributed by atoms with van der Waals surface area (Å²) in [5.74, 6) is -0.875. The first-order valence-corrected chi connectivity index (χ1v) is 7.18. The number of non-ortho nitro benzene ring substituents is 2. The third-order valence-electron chi connectivity index (χ3n) is 3.81. The Kier molecular flexibility index (Phi) is 4.77. The number of nitro benzene ring substituents is 2. The van der Waals surface area contributed by atoms with Gasteiger partial charge in [0, 0.05) is 32.8 Å². The van der Waals surface area contributed by atoms with Crippen LogP contribution < -0.4 is 0 Å². The van der Waals surface area contributed by atoms with Crippen molar-refractivity contribution in [1.29, 1.82) is 0 Å². The zero-order valence-corrected chi connectivity index (χ0v) is 13.2. The predicted molar refractivity (Wildman–Crippen MR) is 82.5 cm³/mol. The fourth-order valence-electron chi connectivity index (χ4n) is 2.66. The predicted octanol–water partition coefficient (Wildman–Crippen LogP) is 1.20. The number of nitrogens with zero attached hydrogens (tertiary/aromatic N) is 4. The maximum Gasteiger partial charge on any atom is 0.277 e. The number of likely N-dealkylation sites (N-methyl/N-ethyl adjacent to an activating group) is 1. The van der Waals surface area contributed by atoms with Crippen LogP contribution in [0.25, 0.3) is 0 Å². The molecule has 24 heavy (non-hydrogen) atoms. The van der Waals surface area contributed by atoms with Gasteiger partial charge < -0.3 is 9.80 Å². The van der Waals surface area contributed by atoms with Crippen LogP contribution in [-0.4, -0.2) is 58.1 Å². The van der Waals surface area contributed by atoms with Gasteiger partial charge >= 0.3 is 0 Å². The van der Waals surface area contributed by atoms with E-state index in [4.69, 9.17) is 0 Å². The molecule has 128 valence electrons. The van der Waals surface area contributed by atoms with Crippen molar-refractivity contribution in [3.63, 3.8) is 0 Å². The van der Waals surface area contributed by atoms with Crippen LogP contribution in [0.1, 0.15) is 23.2 Å². The van der Waals surface area contributed by atoms with Gasteiger partial charge in [0.25, 0.3) is 17.3 Å². The molecule has 10 nitrogen and oxygen atoms in total. The summed E-state index contributed by atoms with van der Waals surface area (Å²) in [5, 5.41) is 21.9. The molecule has 0 N–H and O–H groups in total. The van der Waals surface area contributed by atoms with Crippen LogP contribution >= 0.6 is 0 Å². The summed E-state index contributed by atoms with van der Waals surface area (Å²) in [6.45, 7) is 0.319. The van der Waals surface area contributed by atoms with Gasteiger partial charge in [0.15, 0.2) is 0 Å². The standard InChI is InChI=1S/C14H16N4O6/c1-15(2)14(20)12-4-3-5-16(12)13(19)9-6-10(17(21)22)8-11(7-9)18(23)24/h6-8,12H,3-5H2,1-2H3. The minimum atomic E-state index is -0.795. The van der Waals surface area contributed by atoms with Crippen molar-refractivity contribution >= 4 is 23.2 Å². The van der Waals surface area contributed by atoms with E-state index in [-0.39, 0.29) is 11.5 Å². The van der Waals surface area contributed by atoms with E-state index in [1.165, 1.54) is 9.80 Å². The highest BCUT2D eigenvalue weighted by Crippen LogP contribution is 2.26. The molecule has 1 heterocycles. The Hall–Kier alpha value is -3.04. The lowest BCUT2D eigenvalue weighted by atomic mass is 10.1. The molecule has 10 heteroatoms. The molecule has 1 aliphatic rings. The Labute approximate surface area is 136 Å². The molecular formula is C14H16N4O6.